The summed E-state index contributed by atoms with van der Waals surface area (Å²) in [7, 11) is 0. The highest BCUT2D eigenvalue weighted by molar-refractivity contribution is 7.99. The topological polar surface area (TPSA) is 108 Å². The van der Waals surface area contributed by atoms with Crippen molar-refractivity contribution in [3.05, 3.63) is 52.7 Å². The van der Waals surface area contributed by atoms with Crippen molar-refractivity contribution in [2.45, 2.75) is 24.5 Å². The summed E-state index contributed by atoms with van der Waals surface area (Å²) in [5.41, 5.74) is 1.88. The fourth-order valence-corrected chi connectivity index (χ4v) is 3.91. The molecule has 3 aromatic rings. The predicted molar refractivity (Wildman–Crippen MR) is 95.4 cm³/mol. The van der Waals surface area contributed by atoms with E-state index in [0.717, 1.165) is 5.69 Å². The van der Waals surface area contributed by atoms with Crippen LogP contribution in [0.15, 0.2) is 46.7 Å². The summed E-state index contributed by atoms with van der Waals surface area (Å²) in [6.07, 6.45) is 3.27. The van der Waals surface area contributed by atoms with E-state index in [-0.39, 0.29) is 23.9 Å². The van der Waals surface area contributed by atoms with Gasteiger partial charge in [-0.1, -0.05) is 17.8 Å². The molecule has 1 N–H and O–H groups in total. The highest BCUT2D eigenvalue weighted by Crippen LogP contribution is 2.32. The first-order valence-electron chi connectivity index (χ1n) is 7.96. The van der Waals surface area contributed by atoms with Gasteiger partial charge in [0.2, 0.25) is 5.91 Å². The van der Waals surface area contributed by atoms with Gasteiger partial charge >= 0.3 is 0 Å². The van der Waals surface area contributed by atoms with Crippen molar-refractivity contribution in [1.82, 2.24) is 29.8 Å². The Kier molecular flexibility index (Phi) is 4.25. The molecule has 3 heterocycles. The van der Waals surface area contributed by atoms with Crippen LogP contribution in [0, 0.1) is 6.92 Å². The predicted octanol–water partition coefficient (Wildman–Crippen LogP) is 1.20. The molecule has 1 aliphatic heterocycles. The first-order chi connectivity index (χ1) is 12.6. The maximum absolute atomic E-state index is 12.5. The summed E-state index contributed by atoms with van der Waals surface area (Å²) in [4.78, 5) is 29.1. The lowest BCUT2D eigenvalue weighted by atomic mass is 10.2. The number of hydrogen-bond donors (Lipinski definition) is 1. The van der Waals surface area contributed by atoms with Crippen LogP contribution in [0.25, 0.3) is 5.69 Å². The van der Waals surface area contributed by atoms with Gasteiger partial charge in [0, 0.05) is 29.6 Å². The molecule has 4 rings (SSSR count). The first-order valence-corrected chi connectivity index (χ1v) is 8.94. The minimum absolute atomic E-state index is 0.0847. The Morgan fingerprint density at radius 1 is 1.42 bits per heavy atom. The van der Waals surface area contributed by atoms with Crippen molar-refractivity contribution in [3.63, 3.8) is 0 Å². The van der Waals surface area contributed by atoms with Crippen molar-refractivity contribution in [3.8, 4) is 5.69 Å². The standard InChI is InChI=1S/C16H15N7O2S/c1-10-7-17-16-23(15(10)25)13(8-26-16)6-14(24)19-11-3-2-4-12(5-11)22-9-18-20-21-22/h2-5,7,9,13H,6,8H2,1H3,(H,19,24). The molecule has 0 fully saturated rings. The number of hydrogen-bond acceptors (Lipinski definition) is 7. The number of benzene rings is 1. The van der Waals surface area contributed by atoms with Crippen molar-refractivity contribution >= 4 is 23.4 Å². The molecule has 1 amide bonds. The molecule has 1 atom stereocenters. The zero-order valence-electron chi connectivity index (χ0n) is 13.9. The van der Waals surface area contributed by atoms with Crippen LogP contribution in [0.4, 0.5) is 5.69 Å². The van der Waals surface area contributed by atoms with E-state index in [1.165, 1.54) is 22.8 Å². The summed E-state index contributed by atoms with van der Waals surface area (Å²) >= 11 is 1.49. The molecule has 26 heavy (non-hydrogen) atoms. The average molecular weight is 369 g/mol. The number of aryl methyl sites for hydroxylation is 1. The first kappa shape index (κ1) is 16.5. The lowest BCUT2D eigenvalue weighted by Gasteiger charge is -2.14. The number of aromatic nitrogens is 6. The Hall–Kier alpha value is -3.01. The van der Waals surface area contributed by atoms with E-state index in [1.54, 1.807) is 29.8 Å². The molecule has 1 aliphatic rings. The lowest BCUT2D eigenvalue weighted by Crippen LogP contribution is -2.28. The Balaban J connectivity index is 1.49. The number of nitrogens with one attached hydrogen (secondary N) is 1. The van der Waals surface area contributed by atoms with Gasteiger partial charge < -0.3 is 5.32 Å². The van der Waals surface area contributed by atoms with Crippen LogP contribution in [0.5, 0.6) is 0 Å². The van der Waals surface area contributed by atoms with Crippen molar-refractivity contribution in [2.75, 3.05) is 11.1 Å². The molecule has 0 saturated heterocycles. The number of tetrazole rings is 1. The molecule has 0 saturated carbocycles. The number of nitrogens with zero attached hydrogens (tertiary/aromatic N) is 6. The summed E-state index contributed by atoms with van der Waals surface area (Å²) in [5, 5.41) is 14.6. The van der Waals surface area contributed by atoms with E-state index in [9.17, 15) is 9.59 Å². The molecule has 0 radical (unpaired) electrons. The van der Waals surface area contributed by atoms with Crippen LogP contribution in [-0.2, 0) is 4.79 Å². The Bertz CT molecular complexity index is 1020. The summed E-state index contributed by atoms with van der Waals surface area (Å²) in [6.45, 7) is 1.73. The van der Waals surface area contributed by atoms with E-state index >= 15 is 0 Å². The van der Waals surface area contributed by atoms with Crippen LogP contribution < -0.4 is 10.9 Å². The van der Waals surface area contributed by atoms with Crippen LogP contribution in [0.1, 0.15) is 18.0 Å². The lowest BCUT2D eigenvalue weighted by molar-refractivity contribution is -0.116. The van der Waals surface area contributed by atoms with Gasteiger partial charge in [0.1, 0.15) is 6.33 Å². The molecule has 2 aromatic heterocycles. The number of carbonyl (C=O) groups excluding carboxylic acids is 1. The fraction of sp³-hybridized carbons (Fsp3) is 0.250. The zero-order valence-corrected chi connectivity index (χ0v) is 14.7. The largest absolute Gasteiger partial charge is 0.326 e. The second kappa shape index (κ2) is 6.71. The van der Waals surface area contributed by atoms with E-state index in [4.69, 9.17) is 0 Å². The van der Waals surface area contributed by atoms with Gasteiger partial charge in [0.25, 0.3) is 5.56 Å². The van der Waals surface area contributed by atoms with E-state index in [1.807, 2.05) is 12.1 Å². The Morgan fingerprint density at radius 3 is 3.12 bits per heavy atom. The number of amides is 1. The molecule has 0 aliphatic carbocycles. The van der Waals surface area contributed by atoms with E-state index in [2.05, 4.69) is 25.8 Å². The van der Waals surface area contributed by atoms with Gasteiger partial charge in [-0.05, 0) is 35.5 Å². The molecule has 10 heteroatoms. The minimum Gasteiger partial charge on any atom is -0.326 e. The Labute approximate surface area is 152 Å². The molecule has 1 aromatic carbocycles. The van der Waals surface area contributed by atoms with Gasteiger partial charge in [0.05, 0.1) is 11.7 Å². The Morgan fingerprint density at radius 2 is 2.31 bits per heavy atom. The highest BCUT2D eigenvalue weighted by Gasteiger charge is 2.27. The van der Waals surface area contributed by atoms with Crippen LogP contribution >= 0.6 is 11.8 Å². The monoisotopic (exact) mass is 369 g/mol. The smallest absolute Gasteiger partial charge is 0.257 e. The summed E-state index contributed by atoms with van der Waals surface area (Å²) < 4.78 is 3.13. The normalized spacial score (nSPS) is 15.7. The van der Waals surface area contributed by atoms with E-state index in [0.29, 0.717) is 22.2 Å². The summed E-state index contributed by atoms with van der Waals surface area (Å²) in [6, 6.07) is 7.03. The van der Waals surface area contributed by atoms with Gasteiger partial charge in [0.15, 0.2) is 5.16 Å². The third kappa shape index (κ3) is 3.10. The third-order valence-electron chi connectivity index (χ3n) is 4.07. The SMILES string of the molecule is Cc1cnc2n(c1=O)C(CC(=O)Nc1cccc(-n3cnnn3)c1)CS2. The maximum Gasteiger partial charge on any atom is 0.257 e. The number of fused-ring (bicyclic) bond motifs is 1. The number of anilines is 1. The summed E-state index contributed by atoms with van der Waals surface area (Å²) in [5.74, 6) is 0.495. The van der Waals surface area contributed by atoms with E-state index < -0.39 is 0 Å². The van der Waals surface area contributed by atoms with Crippen LogP contribution in [0.3, 0.4) is 0 Å². The molecule has 0 bridgehead atoms. The van der Waals surface area contributed by atoms with Gasteiger partial charge in [-0.15, -0.1) is 5.10 Å². The number of rotatable bonds is 4. The molecule has 9 nitrogen and oxygen atoms in total. The highest BCUT2D eigenvalue weighted by atomic mass is 32.2. The van der Waals surface area contributed by atoms with Gasteiger partial charge in [-0.2, -0.15) is 0 Å². The number of thioether (sulfide) groups is 1. The maximum atomic E-state index is 12.5. The van der Waals surface area contributed by atoms with Crippen molar-refractivity contribution in [2.24, 2.45) is 0 Å². The second-order valence-corrected chi connectivity index (χ2v) is 6.91. The second-order valence-electron chi connectivity index (χ2n) is 5.92. The molecular weight excluding hydrogens is 354 g/mol. The molecule has 132 valence electrons. The van der Waals surface area contributed by atoms with Gasteiger partial charge in [-0.25, -0.2) is 9.67 Å². The zero-order chi connectivity index (χ0) is 18.1. The number of carbonyl (C=O) groups is 1. The van der Waals surface area contributed by atoms with Gasteiger partial charge in [-0.3, -0.25) is 14.2 Å². The molecule has 1 unspecified atom stereocenters. The minimum atomic E-state index is -0.197. The fourth-order valence-electron chi connectivity index (χ4n) is 2.80. The third-order valence-corrected chi connectivity index (χ3v) is 5.18. The van der Waals surface area contributed by atoms with Crippen molar-refractivity contribution < 1.29 is 4.79 Å². The van der Waals surface area contributed by atoms with Crippen molar-refractivity contribution in [1.29, 1.82) is 0 Å². The molecule has 0 spiro atoms. The van der Waals surface area contributed by atoms with Crippen LogP contribution in [0.2, 0.25) is 0 Å². The molecular formula is C16H15N7O2S. The van der Waals surface area contributed by atoms with Crippen LogP contribution in [-0.4, -0.2) is 41.4 Å². The average Bonchev–Trinajstić information content (AvgIpc) is 3.29. The quantitative estimate of drug-likeness (QED) is 0.689.